The molecule has 3 rings (SSSR count). The van der Waals surface area contributed by atoms with Gasteiger partial charge in [0.1, 0.15) is 24.0 Å². The number of anilines is 1. The van der Waals surface area contributed by atoms with Gasteiger partial charge in [0.15, 0.2) is 6.23 Å². The second-order valence-corrected chi connectivity index (χ2v) is 12.8. The number of azide groups is 1. The smallest absolute Gasteiger partial charge is 0.790 e. The van der Waals surface area contributed by atoms with Gasteiger partial charge in [0.05, 0.1) is 24.9 Å². The van der Waals surface area contributed by atoms with Crippen molar-refractivity contribution in [2.75, 3.05) is 18.5 Å². The molecular formula is C18H18Li4N7O17P3. The molecule has 4 N–H and O–H groups in total. The Morgan fingerprint density at radius 2 is 1.71 bits per heavy atom. The second kappa shape index (κ2) is 20.8. The summed E-state index contributed by atoms with van der Waals surface area (Å²) in [6.07, 6.45) is -4.23. The number of aliphatic hydroxyl groups is 2. The van der Waals surface area contributed by atoms with Crippen LogP contribution in [0.3, 0.4) is 0 Å². The summed E-state index contributed by atoms with van der Waals surface area (Å²) in [6.45, 7) is -1.41. The van der Waals surface area contributed by atoms with E-state index in [1.54, 1.807) is 0 Å². The number of phosphoric acid groups is 3. The number of nitro groups is 1. The molecule has 1 saturated heterocycles. The maximum atomic E-state index is 12.4. The summed E-state index contributed by atoms with van der Waals surface area (Å²) in [5.74, 6) is 0. The number of rotatable bonds is 14. The Labute approximate surface area is 321 Å². The predicted octanol–water partition coefficient (Wildman–Crippen LogP) is -14.0. The van der Waals surface area contributed by atoms with Crippen molar-refractivity contribution in [2.45, 2.75) is 24.5 Å². The molecule has 1 aromatic carbocycles. The maximum absolute atomic E-state index is 12.4. The number of aromatic amines is 1. The molecule has 246 valence electrons. The summed E-state index contributed by atoms with van der Waals surface area (Å²) in [6, 6.07) is 3.51. The van der Waals surface area contributed by atoms with Gasteiger partial charge in [-0.25, -0.2) is 9.11 Å². The minimum atomic E-state index is -6.27. The van der Waals surface area contributed by atoms with Gasteiger partial charge in [0.25, 0.3) is 26.9 Å². The van der Waals surface area contributed by atoms with Crippen LogP contribution in [-0.2, 0) is 31.6 Å². The number of ether oxygens (including phenoxy) is 1. The molecule has 1 fully saturated rings. The quantitative estimate of drug-likeness (QED) is 0.0267. The molecule has 2 aromatic rings. The molecule has 2 unspecified atom stereocenters. The molecule has 0 aliphatic carbocycles. The van der Waals surface area contributed by atoms with Crippen molar-refractivity contribution < 1.29 is 142 Å². The molecule has 6 atom stereocenters. The van der Waals surface area contributed by atoms with E-state index < -0.39 is 70.8 Å². The Morgan fingerprint density at radius 3 is 2.29 bits per heavy atom. The number of nitro benzene ring substituents is 1. The first kappa shape index (κ1) is 49.9. The van der Waals surface area contributed by atoms with Crippen LogP contribution in [-0.4, -0.2) is 56.2 Å². The molecule has 24 nitrogen and oxygen atoms in total. The SMILES string of the molecule is [Li+].[Li+].[Li+].[Li+].[N-]=[N+]=Nc1ccc([N+](=O)[O-])c(NC/C=C/c2cn([C@@H]3O[C@H](COP(=O)([O-])OP(=O)([O-])OP(=O)([O-])[O-])[C@@H](O)[C@H]3O)c(=O)[nH]c2=O)c1. The summed E-state index contributed by atoms with van der Waals surface area (Å²) in [7, 11) is -18.5. The normalized spacial score (nSPS) is 20.9. The number of benzene rings is 1. The zero-order valence-electron chi connectivity index (χ0n) is 25.8. The average molecular weight is 725 g/mol. The van der Waals surface area contributed by atoms with Crippen molar-refractivity contribution >= 4 is 46.6 Å². The van der Waals surface area contributed by atoms with E-state index in [0.717, 1.165) is 18.3 Å². The monoisotopic (exact) mass is 725 g/mol. The van der Waals surface area contributed by atoms with Crippen molar-refractivity contribution in [1.82, 2.24) is 9.55 Å². The molecule has 1 aromatic heterocycles. The van der Waals surface area contributed by atoms with Crippen LogP contribution in [0.2, 0.25) is 0 Å². The van der Waals surface area contributed by atoms with Gasteiger partial charge in [-0.2, -0.15) is 0 Å². The Morgan fingerprint density at radius 1 is 1.08 bits per heavy atom. The molecule has 0 bridgehead atoms. The van der Waals surface area contributed by atoms with E-state index in [1.807, 2.05) is 4.98 Å². The number of hydrogen-bond acceptors (Lipinski definition) is 19. The third-order valence-electron chi connectivity index (χ3n) is 5.45. The van der Waals surface area contributed by atoms with E-state index >= 15 is 0 Å². The van der Waals surface area contributed by atoms with Crippen molar-refractivity contribution in [2.24, 2.45) is 5.11 Å². The van der Waals surface area contributed by atoms with E-state index in [1.165, 1.54) is 18.2 Å². The summed E-state index contributed by atoms with van der Waals surface area (Å²) >= 11 is 0. The molecule has 49 heavy (non-hydrogen) atoms. The number of aromatic nitrogens is 2. The fourth-order valence-electron chi connectivity index (χ4n) is 3.65. The zero-order valence-corrected chi connectivity index (χ0v) is 28.5. The first-order valence-electron chi connectivity index (χ1n) is 11.6. The van der Waals surface area contributed by atoms with Crippen molar-refractivity contribution in [1.29, 1.82) is 0 Å². The Hall–Kier alpha value is -1.17. The van der Waals surface area contributed by atoms with E-state index in [2.05, 4.69) is 28.5 Å². The third-order valence-corrected chi connectivity index (χ3v) is 9.11. The fraction of sp³-hybridized carbons (Fsp3) is 0.333. The van der Waals surface area contributed by atoms with Gasteiger partial charge in [0.2, 0.25) is 0 Å². The molecule has 0 spiro atoms. The van der Waals surface area contributed by atoms with Crippen LogP contribution in [0.15, 0.2) is 45.2 Å². The third kappa shape index (κ3) is 14.8. The molecule has 0 saturated carbocycles. The van der Waals surface area contributed by atoms with Crippen LogP contribution in [0.1, 0.15) is 11.8 Å². The van der Waals surface area contributed by atoms with Crippen LogP contribution >= 0.6 is 23.5 Å². The summed E-state index contributed by atoms with van der Waals surface area (Å²) in [5.41, 5.74) is 5.89. The number of hydrogen-bond donors (Lipinski definition) is 4. The van der Waals surface area contributed by atoms with Gasteiger partial charge < -0.3 is 48.9 Å². The molecule has 0 amide bonds. The van der Waals surface area contributed by atoms with Gasteiger partial charge in [-0.1, -0.05) is 17.3 Å². The van der Waals surface area contributed by atoms with Crippen molar-refractivity contribution in [3.05, 3.63) is 77.4 Å². The number of phosphoric ester groups is 1. The van der Waals surface area contributed by atoms with Crippen molar-refractivity contribution in [3.63, 3.8) is 0 Å². The van der Waals surface area contributed by atoms with Crippen LogP contribution < -0.4 is 112 Å². The van der Waals surface area contributed by atoms with E-state index in [-0.39, 0.29) is 105 Å². The molecule has 31 heteroatoms. The molecule has 2 heterocycles. The average Bonchev–Trinajstić information content (AvgIpc) is 3.17. The van der Waals surface area contributed by atoms with E-state index in [0.29, 0.717) is 4.57 Å². The van der Waals surface area contributed by atoms with Gasteiger partial charge in [-0.3, -0.25) is 37.9 Å². The Balaban J connectivity index is 0. The zero-order chi connectivity index (χ0) is 33.7. The molecule has 0 radical (unpaired) electrons. The molecule has 1 aliphatic rings. The largest absolute Gasteiger partial charge is 1.00 e. The van der Waals surface area contributed by atoms with Crippen LogP contribution in [0, 0.1) is 10.1 Å². The van der Waals surface area contributed by atoms with Crippen LogP contribution in [0.5, 0.6) is 0 Å². The van der Waals surface area contributed by atoms with E-state index in [4.69, 9.17) is 10.3 Å². The molecule has 1 aliphatic heterocycles. The van der Waals surface area contributed by atoms with Crippen molar-refractivity contribution in [3.8, 4) is 0 Å². The Bertz CT molecular complexity index is 1800. The Kier molecular flexibility index (Phi) is 21.2. The van der Waals surface area contributed by atoms with Gasteiger partial charge in [-0.15, -0.1) is 0 Å². The number of aliphatic hydroxyl groups excluding tert-OH is 2. The minimum Gasteiger partial charge on any atom is -0.790 e. The first-order chi connectivity index (χ1) is 20.8. The summed E-state index contributed by atoms with van der Waals surface area (Å²) < 4.78 is 49.9. The maximum Gasteiger partial charge on any atom is 1.00 e. The number of nitrogens with zero attached hydrogens (tertiary/aromatic N) is 5. The molecular weight excluding hydrogens is 707 g/mol. The number of H-pyrrole nitrogens is 1. The van der Waals surface area contributed by atoms with E-state index in [9.17, 15) is 63.2 Å². The minimum absolute atomic E-state index is 0. The summed E-state index contributed by atoms with van der Waals surface area (Å²) in [5, 5.41) is 37.9. The van der Waals surface area contributed by atoms with Crippen LogP contribution in [0.25, 0.3) is 16.5 Å². The predicted molar refractivity (Wildman–Crippen MR) is 138 cm³/mol. The van der Waals surface area contributed by atoms with Gasteiger partial charge >= 0.3 is 81.1 Å². The summed E-state index contributed by atoms with van der Waals surface area (Å²) in [4.78, 5) is 83.7. The second-order valence-electron chi connectivity index (χ2n) is 8.53. The first-order valence-corrected chi connectivity index (χ1v) is 16.0. The van der Waals surface area contributed by atoms with Gasteiger partial charge in [-0.05, 0) is 17.7 Å². The van der Waals surface area contributed by atoms with Gasteiger partial charge in [0, 0.05) is 29.4 Å². The topological polar surface area (TPSA) is 380 Å². The standard InChI is InChI=1S/C18H22N7O17P3.4Li/c19-23-22-10-3-4-12(25(30)31)11(6-10)20-5-1-2-9-7-24(18(29)21-16(9)28)17-15(27)14(26)13(40-17)8-39-44(35,36)42-45(37,38)41-43(32,33)34;;;;/h1-4,6-7,13-15,17,20,26-27H,5,8H2,(H,35,36)(H,37,38)(H,21,28,29)(H2,32,33,34);;;;/q;4*+1/p-4/b2-1+;;;;/t13-,14-,15-,17-;;;;/m1..../s1. The van der Waals surface area contributed by atoms with Crippen LogP contribution in [0.4, 0.5) is 17.1 Å². The fourth-order valence-corrected chi connectivity index (χ4v) is 6.51. The number of nitrogens with one attached hydrogen (secondary N) is 2.